The van der Waals surface area contributed by atoms with E-state index in [-0.39, 0.29) is 16.6 Å². The molecule has 23 heavy (non-hydrogen) atoms. The van der Waals surface area contributed by atoms with E-state index in [9.17, 15) is 4.79 Å². The van der Waals surface area contributed by atoms with Gasteiger partial charge in [-0.05, 0) is 24.3 Å². The fourth-order valence-corrected chi connectivity index (χ4v) is 3.04. The largest absolute Gasteiger partial charge is 0.497 e. The van der Waals surface area contributed by atoms with Crippen LogP contribution in [0.1, 0.15) is 5.69 Å². The Hall–Kier alpha value is -1.89. The molecule has 3 rings (SSSR count). The first-order chi connectivity index (χ1) is 11.1. The lowest BCUT2D eigenvalue weighted by Crippen LogP contribution is -2.23. The Labute approximate surface area is 146 Å². The predicted octanol–water partition coefficient (Wildman–Crippen LogP) is 3.73. The summed E-state index contributed by atoms with van der Waals surface area (Å²) in [6, 6.07) is 7.62. The summed E-state index contributed by atoms with van der Waals surface area (Å²) in [5.41, 5.74) is 1.28. The van der Waals surface area contributed by atoms with Crippen LogP contribution in [0.3, 0.4) is 0 Å². The molecule has 2 heterocycles. The van der Waals surface area contributed by atoms with Crippen molar-refractivity contribution in [2.45, 2.75) is 6.54 Å². The normalized spacial score (nSPS) is 10.7. The van der Waals surface area contributed by atoms with Crippen LogP contribution in [0.4, 0.5) is 0 Å². The fourth-order valence-electron chi connectivity index (χ4n) is 1.96. The third-order valence-corrected chi connectivity index (χ3v) is 4.83. The zero-order valence-electron chi connectivity index (χ0n) is 12.0. The Morgan fingerprint density at radius 3 is 2.70 bits per heavy atom. The molecule has 0 saturated heterocycles. The van der Waals surface area contributed by atoms with E-state index >= 15 is 0 Å². The smallest absolute Gasteiger partial charge is 0.287 e. The van der Waals surface area contributed by atoms with Crippen molar-refractivity contribution in [2.75, 3.05) is 7.11 Å². The van der Waals surface area contributed by atoms with E-state index in [1.54, 1.807) is 7.11 Å². The van der Waals surface area contributed by atoms with Crippen molar-refractivity contribution in [1.82, 2.24) is 14.8 Å². The Morgan fingerprint density at radius 2 is 2.00 bits per heavy atom. The van der Waals surface area contributed by atoms with Gasteiger partial charge in [-0.15, -0.1) is 11.3 Å². The molecule has 0 fully saturated rings. The minimum Gasteiger partial charge on any atom is -0.497 e. The van der Waals surface area contributed by atoms with E-state index in [2.05, 4.69) is 10.1 Å². The SMILES string of the molecule is COc1ccc(-c2nc(Cn3ncc(Cl)c(Cl)c3=O)cs2)cc1. The molecule has 0 atom stereocenters. The first kappa shape index (κ1) is 16.0. The lowest BCUT2D eigenvalue weighted by Gasteiger charge is -2.03. The average Bonchev–Trinajstić information content (AvgIpc) is 3.04. The molecular formula is C15H11Cl2N3O2S. The van der Waals surface area contributed by atoms with E-state index in [1.165, 1.54) is 22.2 Å². The summed E-state index contributed by atoms with van der Waals surface area (Å²) in [5.74, 6) is 0.789. The van der Waals surface area contributed by atoms with E-state index in [1.807, 2.05) is 29.6 Å². The van der Waals surface area contributed by atoms with Gasteiger partial charge in [0.1, 0.15) is 15.8 Å². The number of benzene rings is 1. The van der Waals surface area contributed by atoms with E-state index < -0.39 is 5.56 Å². The van der Waals surface area contributed by atoms with Gasteiger partial charge in [-0.3, -0.25) is 4.79 Å². The number of thiazole rings is 1. The van der Waals surface area contributed by atoms with Crippen molar-refractivity contribution in [3.05, 3.63) is 61.9 Å². The summed E-state index contributed by atoms with van der Waals surface area (Å²) in [6.07, 6.45) is 1.35. The summed E-state index contributed by atoms with van der Waals surface area (Å²) in [5, 5.41) is 6.83. The van der Waals surface area contributed by atoms with E-state index in [0.29, 0.717) is 0 Å². The van der Waals surface area contributed by atoms with Crippen LogP contribution in [-0.4, -0.2) is 21.9 Å². The molecule has 118 valence electrons. The summed E-state index contributed by atoms with van der Waals surface area (Å²) in [6.45, 7) is 0.238. The molecule has 1 aromatic carbocycles. The third kappa shape index (κ3) is 3.39. The van der Waals surface area contributed by atoms with Crippen LogP contribution >= 0.6 is 34.5 Å². The van der Waals surface area contributed by atoms with Gasteiger partial charge in [0.05, 0.1) is 30.6 Å². The number of aromatic nitrogens is 3. The van der Waals surface area contributed by atoms with Crippen LogP contribution in [0.25, 0.3) is 10.6 Å². The minimum absolute atomic E-state index is 0.0349. The molecule has 0 unspecified atom stereocenters. The van der Waals surface area contributed by atoms with Crippen molar-refractivity contribution in [3.63, 3.8) is 0 Å². The number of hydrogen-bond acceptors (Lipinski definition) is 5. The highest BCUT2D eigenvalue weighted by Gasteiger charge is 2.10. The van der Waals surface area contributed by atoms with Crippen molar-refractivity contribution in [3.8, 4) is 16.3 Å². The molecule has 0 spiro atoms. The molecule has 0 bridgehead atoms. The summed E-state index contributed by atoms with van der Waals surface area (Å²) in [4.78, 5) is 16.5. The molecule has 3 aromatic rings. The Kier molecular flexibility index (Phi) is 4.66. The minimum atomic E-state index is -0.432. The van der Waals surface area contributed by atoms with Crippen LogP contribution in [0.2, 0.25) is 10.0 Å². The van der Waals surface area contributed by atoms with E-state index in [4.69, 9.17) is 27.9 Å². The van der Waals surface area contributed by atoms with Crippen LogP contribution in [0, 0.1) is 0 Å². The molecule has 0 aliphatic heterocycles. The van der Waals surface area contributed by atoms with Gasteiger partial charge in [-0.25, -0.2) is 9.67 Å². The highest BCUT2D eigenvalue weighted by atomic mass is 35.5. The van der Waals surface area contributed by atoms with Crippen molar-refractivity contribution >= 4 is 34.5 Å². The molecule has 2 aromatic heterocycles. The molecule has 0 aliphatic carbocycles. The molecule has 0 saturated carbocycles. The number of halogens is 2. The van der Waals surface area contributed by atoms with Gasteiger partial charge < -0.3 is 4.74 Å². The van der Waals surface area contributed by atoms with Crippen molar-refractivity contribution in [1.29, 1.82) is 0 Å². The highest BCUT2D eigenvalue weighted by Crippen LogP contribution is 2.26. The Bertz CT molecular complexity index is 890. The molecule has 0 radical (unpaired) electrons. The Morgan fingerprint density at radius 1 is 1.26 bits per heavy atom. The first-order valence-electron chi connectivity index (χ1n) is 6.58. The van der Waals surface area contributed by atoms with Crippen LogP contribution in [0.15, 0.2) is 40.6 Å². The summed E-state index contributed by atoms with van der Waals surface area (Å²) < 4.78 is 6.37. The highest BCUT2D eigenvalue weighted by molar-refractivity contribution is 7.13. The quantitative estimate of drug-likeness (QED) is 0.704. The standard InChI is InChI=1S/C15H11Cl2N3O2S/c1-22-11-4-2-9(3-5-11)14-19-10(8-23-14)7-20-15(21)13(17)12(16)6-18-20/h2-6,8H,7H2,1H3. The number of nitrogens with zero attached hydrogens (tertiary/aromatic N) is 3. The van der Waals surface area contributed by atoms with Gasteiger partial charge in [-0.2, -0.15) is 5.10 Å². The van der Waals surface area contributed by atoms with Gasteiger partial charge in [0, 0.05) is 10.9 Å². The molecule has 0 N–H and O–H groups in total. The third-order valence-electron chi connectivity index (χ3n) is 3.14. The second-order valence-electron chi connectivity index (χ2n) is 4.64. The van der Waals surface area contributed by atoms with Gasteiger partial charge >= 0.3 is 0 Å². The molecule has 0 aliphatic rings. The first-order valence-corrected chi connectivity index (χ1v) is 8.22. The fraction of sp³-hybridized carbons (Fsp3) is 0.133. The topological polar surface area (TPSA) is 57.0 Å². The second kappa shape index (κ2) is 6.70. The number of ether oxygens (including phenoxy) is 1. The maximum atomic E-state index is 12.0. The number of rotatable bonds is 4. The number of methoxy groups -OCH3 is 1. The zero-order valence-corrected chi connectivity index (χ0v) is 14.3. The van der Waals surface area contributed by atoms with Gasteiger partial charge in [-0.1, -0.05) is 23.2 Å². The molecule has 0 amide bonds. The molecule has 5 nitrogen and oxygen atoms in total. The van der Waals surface area contributed by atoms with Crippen LogP contribution < -0.4 is 10.3 Å². The molecule has 8 heteroatoms. The van der Waals surface area contributed by atoms with E-state index in [0.717, 1.165) is 22.0 Å². The number of hydrogen-bond donors (Lipinski definition) is 0. The molecular weight excluding hydrogens is 357 g/mol. The lowest BCUT2D eigenvalue weighted by atomic mass is 10.2. The van der Waals surface area contributed by atoms with Gasteiger partial charge in [0.2, 0.25) is 0 Å². The van der Waals surface area contributed by atoms with Crippen molar-refractivity contribution in [2.24, 2.45) is 0 Å². The maximum absolute atomic E-state index is 12.0. The van der Waals surface area contributed by atoms with Gasteiger partial charge in [0.25, 0.3) is 5.56 Å². The average molecular weight is 368 g/mol. The van der Waals surface area contributed by atoms with Crippen LogP contribution in [0.5, 0.6) is 5.75 Å². The monoisotopic (exact) mass is 367 g/mol. The van der Waals surface area contributed by atoms with Crippen molar-refractivity contribution < 1.29 is 4.74 Å². The zero-order chi connectivity index (χ0) is 16.4. The van der Waals surface area contributed by atoms with Gasteiger partial charge in [0.15, 0.2) is 0 Å². The summed E-state index contributed by atoms with van der Waals surface area (Å²) in [7, 11) is 1.62. The maximum Gasteiger partial charge on any atom is 0.287 e. The Balaban J connectivity index is 1.85. The lowest BCUT2D eigenvalue weighted by molar-refractivity contribution is 0.415. The second-order valence-corrected chi connectivity index (χ2v) is 6.29. The van der Waals surface area contributed by atoms with Crippen LogP contribution in [-0.2, 0) is 6.54 Å². The predicted molar refractivity (Wildman–Crippen MR) is 91.7 cm³/mol. The summed E-state index contributed by atoms with van der Waals surface area (Å²) >= 11 is 13.1.